The zero-order valence-corrected chi connectivity index (χ0v) is 10.4. The van der Waals surface area contributed by atoms with Crippen molar-refractivity contribution in [1.29, 1.82) is 0 Å². The van der Waals surface area contributed by atoms with Gasteiger partial charge in [0, 0.05) is 11.6 Å². The summed E-state index contributed by atoms with van der Waals surface area (Å²) in [6, 6.07) is 10.3. The van der Waals surface area contributed by atoms with Crippen molar-refractivity contribution in [2.24, 2.45) is 0 Å². The summed E-state index contributed by atoms with van der Waals surface area (Å²) in [5.41, 5.74) is 4.38. The molecule has 18 heavy (non-hydrogen) atoms. The molecule has 3 rings (SSSR count). The van der Waals surface area contributed by atoms with Crippen molar-refractivity contribution in [3.63, 3.8) is 0 Å². The van der Waals surface area contributed by atoms with Crippen molar-refractivity contribution in [1.82, 2.24) is 9.97 Å². The van der Waals surface area contributed by atoms with E-state index in [9.17, 15) is 5.11 Å². The summed E-state index contributed by atoms with van der Waals surface area (Å²) in [6.45, 7) is 1.93. The molecular weight excluding hydrogens is 224 g/mol. The Bertz CT molecular complexity index is 580. The van der Waals surface area contributed by atoms with Gasteiger partial charge in [0.2, 0.25) is 0 Å². The molecule has 0 saturated heterocycles. The quantitative estimate of drug-likeness (QED) is 0.876. The van der Waals surface area contributed by atoms with E-state index < -0.39 is 0 Å². The number of hydrogen-bond donors (Lipinski definition) is 1. The van der Waals surface area contributed by atoms with Crippen LogP contribution in [0.4, 0.5) is 0 Å². The molecule has 3 nitrogen and oxygen atoms in total. The number of aryl methyl sites for hydroxylation is 2. The van der Waals surface area contributed by atoms with Gasteiger partial charge in [-0.2, -0.15) is 0 Å². The zero-order valence-electron chi connectivity index (χ0n) is 10.4. The number of benzene rings is 1. The van der Waals surface area contributed by atoms with Crippen molar-refractivity contribution in [2.75, 3.05) is 0 Å². The summed E-state index contributed by atoms with van der Waals surface area (Å²) in [5, 5.41) is 9.23. The highest BCUT2D eigenvalue weighted by atomic mass is 16.3. The van der Waals surface area contributed by atoms with Gasteiger partial charge in [0.05, 0.1) is 12.3 Å². The molecule has 0 radical (unpaired) electrons. The normalized spacial score (nSPS) is 17.8. The first kappa shape index (κ1) is 11.4. The maximum absolute atomic E-state index is 9.23. The minimum absolute atomic E-state index is 0.0231. The highest BCUT2D eigenvalue weighted by Gasteiger charge is 2.26. The molecular formula is C15H16N2O. The van der Waals surface area contributed by atoms with E-state index in [1.54, 1.807) is 0 Å². The molecule has 1 aliphatic rings. The lowest BCUT2D eigenvalue weighted by Gasteiger charge is -2.12. The lowest BCUT2D eigenvalue weighted by atomic mass is 10.0. The van der Waals surface area contributed by atoms with Gasteiger partial charge in [-0.15, -0.1) is 0 Å². The molecule has 0 aliphatic heterocycles. The van der Waals surface area contributed by atoms with E-state index in [0.29, 0.717) is 5.69 Å². The molecule has 3 heteroatoms. The van der Waals surface area contributed by atoms with E-state index in [1.165, 1.54) is 11.1 Å². The lowest BCUT2D eigenvalue weighted by molar-refractivity contribution is 0.276. The van der Waals surface area contributed by atoms with E-state index >= 15 is 0 Å². The van der Waals surface area contributed by atoms with Crippen LogP contribution in [0.3, 0.4) is 0 Å². The zero-order chi connectivity index (χ0) is 12.5. The van der Waals surface area contributed by atoms with Crippen LogP contribution in [0.25, 0.3) is 0 Å². The van der Waals surface area contributed by atoms with Crippen molar-refractivity contribution in [2.45, 2.75) is 32.3 Å². The van der Waals surface area contributed by atoms with E-state index in [1.807, 2.05) is 13.0 Å². The monoisotopic (exact) mass is 240 g/mol. The molecule has 1 heterocycles. The van der Waals surface area contributed by atoms with Crippen LogP contribution < -0.4 is 0 Å². The smallest absolute Gasteiger partial charge is 0.136 e. The maximum Gasteiger partial charge on any atom is 0.136 e. The third kappa shape index (κ3) is 1.91. The second kappa shape index (κ2) is 4.50. The van der Waals surface area contributed by atoms with Gasteiger partial charge in [0.1, 0.15) is 5.82 Å². The Hall–Kier alpha value is -1.74. The van der Waals surface area contributed by atoms with Gasteiger partial charge in [-0.1, -0.05) is 24.3 Å². The van der Waals surface area contributed by atoms with Crippen molar-refractivity contribution < 1.29 is 5.11 Å². The minimum Gasteiger partial charge on any atom is -0.390 e. The van der Waals surface area contributed by atoms with Crippen LogP contribution in [0, 0.1) is 6.92 Å². The van der Waals surface area contributed by atoms with Crippen LogP contribution in [0.5, 0.6) is 0 Å². The topological polar surface area (TPSA) is 46.0 Å². The molecule has 0 saturated carbocycles. The van der Waals surface area contributed by atoms with Gasteiger partial charge in [-0.25, -0.2) is 9.97 Å². The summed E-state index contributed by atoms with van der Waals surface area (Å²) < 4.78 is 0. The van der Waals surface area contributed by atoms with Gasteiger partial charge in [0.25, 0.3) is 0 Å². The average Bonchev–Trinajstić information content (AvgIpc) is 2.81. The minimum atomic E-state index is -0.0231. The molecule has 2 aromatic rings. The Morgan fingerprint density at radius 1 is 1.28 bits per heavy atom. The van der Waals surface area contributed by atoms with Gasteiger partial charge in [-0.05, 0) is 37.0 Å². The summed E-state index contributed by atoms with van der Waals surface area (Å²) >= 11 is 0. The fourth-order valence-corrected chi connectivity index (χ4v) is 2.72. The second-order valence-electron chi connectivity index (χ2n) is 4.81. The number of rotatable bonds is 2. The predicted molar refractivity (Wildman–Crippen MR) is 69.3 cm³/mol. The first-order valence-corrected chi connectivity index (χ1v) is 6.31. The fraction of sp³-hybridized carbons (Fsp3) is 0.333. The molecule has 1 N–H and O–H groups in total. The third-order valence-electron chi connectivity index (χ3n) is 3.53. The van der Waals surface area contributed by atoms with Crippen LogP contribution in [-0.2, 0) is 13.0 Å². The van der Waals surface area contributed by atoms with Gasteiger partial charge < -0.3 is 5.11 Å². The number of aliphatic hydroxyl groups excluding tert-OH is 1. The SMILES string of the molecule is Cc1cc(CO)nc(C2CCc3ccccc32)n1. The second-order valence-corrected chi connectivity index (χ2v) is 4.81. The molecule has 0 spiro atoms. The summed E-state index contributed by atoms with van der Waals surface area (Å²) in [4.78, 5) is 9.01. The molecule has 1 aromatic heterocycles. The lowest BCUT2D eigenvalue weighted by Crippen LogP contribution is -2.06. The Morgan fingerprint density at radius 3 is 2.94 bits per heavy atom. The number of hydrogen-bond acceptors (Lipinski definition) is 3. The Morgan fingerprint density at radius 2 is 2.11 bits per heavy atom. The Labute approximate surface area is 107 Å². The van der Waals surface area contributed by atoms with Crippen LogP contribution >= 0.6 is 0 Å². The highest BCUT2D eigenvalue weighted by Crippen LogP contribution is 2.36. The molecule has 0 fully saturated rings. The van der Waals surface area contributed by atoms with Crippen molar-refractivity contribution in [3.05, 3.63) is 58.7 Å². The van der Waals surface area contributed by atoms with Crippen LogP contribution in [0.1, 0.15) is 40.7 Å². The third-order valence-corrected chi connectivity index (χ3v) is 3.53. The predicted octanol–water partition coefficient (Wildman–Crippen LogP) is 2.36. The summed E-state index contributed by atoms with van der Waals surface area (Å²) in [7, 11) is 0. The molecule has 1 atom stereocenters. The molecule has 1 aromatic carbocycles. The number of aromatic nitrogens is 2. The molecule has 1 unspecified atom stereocenters. The van der Waals surface area contributed by atoms with Gasteiger partial charge >= 0.3 is 0 Å². The van der Waals surface area contributed by atoms with Crippen LogP contribution in [-0.4, -0.2) is 15.1 Å². The maximum atomic E-state index is 9.23. The molecule has 92 valence electrons. The number of aliphatic hydroxyl groups is 1. The first-order valence-electron chi connectivity index (χ1n) is 6.31. The molecule has 1 aliphatic carbocycles. The summed E-state index contributed by atoms with van der Waals surface area (Å²) in [6.07, 6.45) is 2.15. The van der Waals surface area contributed by atoms with Crippen molar-refractivity contribution in [3.8, 4) is 0 Å². The Kier molecular flexibility index (Phi) is 2.84. The van der Waals surface area contributed by atoms with E-state index in [2.05, 4.69) is 34.2 Å². The molecule has 0 amide bonds. The number of fused-ring (bicyclic) bond motifs is 1. The number of nitrogens with zero attached hydrogens (tertiary/aromatic N) is 2. The van der Waals surface area contributed by atoms with E-state index in [-0.39, 0.29) is 12.5 Å². The summed E-state index contributed by atoms with van der Waals surface area (Å²) in [5.74, 6) is 1.13. The highest BCUT2D eigenvalue weighted by molar-refractivity contribution is 5.38. The Balaban J connectivity index is 2.04. The standard InChI is InChI=1S/C15H16N2O/c1-10-8-12(9-18)17-15(16-10)14-7-6-11-4-2-3-5-13(11)14/h2-5,8,14,18H,6-7,9H2,1H3. The average molecular weight is 240 g/mol. The van der Waals surface area contributed by atoms with Crippen molar-refractivity contribution >= 4 is 0 Å². The molecule has 0 bridgehead atoms. The fourth-order valence-electron chi connectivity index (χ4n) is 2.72. The van der Waals surface area contributed by atoms with Crippen LogP contribution in [0.2, 0.25) is 0 Å². The first-order chi connectivity index (χ1) is 8.78. The van der Waals surface area contributed by atoms with E-state index in [0.717, 1.165) is 24.4 Å². The van der Waals surface area contributed by atoms with Crippen LogP contribution in [0.15, 0.2) is 30.3 Å². The van der Waals surface area contributed by atoms with Gasteiger partial charge in [0.15, 0.2) is 0 Å². The largest absolute Gasteiger partial charge is 0.390 e. The van der Waals surface area contributed by atoms with Gasteiger partial charge in [-0.3, -0.25) is 0 Å². The van der Waals surface area contributed by atoms with E-state index in [4.69, 9.17) is 0 Å².